The Labute approximate surface area is 318 Å². The maximum Gasteiger partial charge on any atom is 0.325 e. The Morgan fingerprint density at radius 2 is 0.893 bits per heavy atom. The lowest BCUT2D eigenvalue weighted by molar-refractivity contribution is -0.385. The molecule has 0 saturated carbocycles. The second-order valence-corrected chi connectivity index (χ2v) is 13.5. The Bertz CT molecular complexity index is 2270. The summed E-state index contributed by atoms with van der Waals surface area (Å²) in [6.45, 7) is -1.10. The normalized spacial score (nSPS) is 19.6. The van der Waals surface area contributed by atoms with Gasteiger partial charge in [0.2, 0.25) is 11.8 Å². The lowest BCUT2D eigenvalue weighted by atomic mass is 9.79. The number of nitrogens with zero attached hydrogens (tertiary/aromatic N) is 6. The molecule has 0 bridgehead atoms. The summed E-state index contributed by atoms with van der Waals surface area (Å²) in [6.07, 6.45) is 0. The first-order valence-corrected chi connectivity index (χ1v) is 17.5. The number of fused-ring (bicyclic) bond motifs is 1. The van der Waals surface area contributed by atoms with Crippen LogP contribution in [0.5, 0.6) is 0 Å². The zero-order valence-corrected chi connectivity index (χ0v) is 29.5. The van der Waals surface area contributed by atoms with Crippen molar-refractivity contribution in [2.75, 3.05) is 23.7 Å². The van der Waals surface area contributed by atoms with Crippen molar-refractivity contribution >= 4 is 46.6 Å². The van der Waals surface area contributed by atoms with Crippen LogP contribution >= 0.6 is 0 Å². The van der Waals surface area contributed by atoms with Crippen molar-refractivity contribution in [1.82, 2.24) is 19.6 Å². The summed E-state index contributed by atoms with van der Waals surface area (Å²) in [5.74, 6) is -1.32. The molecule has 0 radical (unpaired) electrons. The van der Waals surface area contributed by atoms with Crippen molar-refractivity contribution in [3.05, 3.63) is 176 Å². The zero-order valence-electron chi connectivity index (χ0n) is 29.5. The summed E-state index contributed by atoms with van der Waals surface area (Å²) in [5.41, 5.74) is -0.828. The largest absolute Gasteiger partial charge is 0.325 e. The van der Waals surface area contributed by atoms with Crippen molar-refractivity contribution in [3.8, 4) is 0 Å². The highest BCUT2D eigenvalue weighted by Crippen LogP contribution is 2.63. The Morgan fingerprint density at radius 1 is 0.536 bits per heavy atom. The molecule has 3 heterocycles. The number of non-ortho nitro benzene ring substituents is 2. The molecule has 0 aromatic heterocycles. The first-order valence-electron chi connectivity index (χ1n) is 17.5. The van der Waals surface area contributed by atoms with Gasteiger partial charge in [0.15, 0.2) is 11.3 Å². The Hall–Kier alpha value is -7.62. The van der Waals surface area contributed by atoms with Crippen molar-refractivity contribution in [1.29, 1.82) is 0 Å². The SMILES string of the molecule is O=C(CN1C(=O)N2Cc3ccccc3CN3C(=O)N(CC(=O)Nc4ccc([N+](=O)[O-])cc4)C1(c1ccccc1)C23c1ccccc1)Nc1ccc([N+](=O)[O-])cc1. The van der Waals surface area contributed by atoms with Gasteiger partial charge in [-0.2, -0.15) is 0 Å². The number of urea groups is 2. The van der Waals surface area contributed by atoms with E-state index in [2.05, 4.69) is 10.6 Å². The number of rotatable bonds is 10. The van der Waals surface area contributed by atoms with Crippen LogP contribution in [0.3, 0.4) is 0 Å². The summed E-state index contributed by atoms with van der Waals surface area (Å²) >= 11 is 0. The van der Waals surface area contributed by atoms with Gasteiger partial charge in [-0.05, 0) is 35.4 Å². The van der Waals surface area contributed by atoms with Crippen LogP contribution in [0.4, 0.5) is 32.3 Å². The molecule has 3 aliphatic heterocycles. The van der Waals surface area contributed by atoms with Gasteiger partial charge in [0.05, 0.1) is 22.9 Å². The van der Waals surface area contributed by atoms with E-state index in [0.717, 1.165) is 11.1 Å². The van der Waals surface area contributed by atoms with E-state index in [1.807, 2.05) is 42.5 Å². The van der Waals surface area contributed by atoms with Gasteiger partial charge >= 0.3 is 12.1 Å². The fraction of sp³-hybridized carbons (Fsp3) is 0.150. The lowest BCUT2D eigenvalue weighted by Gasteiger charge is -2.49. The zero-order chi connectivity index (χ0) is 39.2. The molecule has 6 amide bonds. The molecule has 2 saturated heterocycles. The minimum atomic E-state index is -1.87. The van der Waals surface area contributed by atoms with Crippen LogP contribution in [0.15, 0.2) is 133 Å². The highest BCUT2D eigenvalue weighted by atomic mass is 16.6. The molecule has 56 heavy (non-hydrogen) atoms. The van der Waals surface area contributed by atoms with Crippen LogP contribution in [0, 0.1) is 20.2 Å². The monoisotopic (exact) mass is 752 g/mol. The van der Waals surface area contributed by atoms with E-state index in [-0.39, 0.29) is 35.8 Å². The molecule has 0 spiro atoms. The molecule has 16 heteroatoms. The lowest BCUT2D eigenvalue weighted by Crippen LogP contribution is -2.64. The predicted molar refractivity (Wildman–Crippen MR) is 201 cm³/mol. The second-order valence-electron chi connectivity index (χ2n) is 13.5. The molecule has 0 atom stereocenters. The third-order valence-corrected chi connectivity index (χ3v) is 10.4. The molecular weight excluding hydrogens is 720 g/mol. The quantitative estimate of drug-likeness (QED) is 0.129. The number of nitrogens with one attached hydrogen (secondary N) is 2. The third kappa shape index (κ3) is 5.45. The summed E-state index contributed by atoms with van der Waals surface area (Å²) in [5, 5.41) is 28.0. The standard InChI is InChI=1S/C40H32N8O8/c49-35(41-31-15-19-33(20-16-31)47(53)54)25-45-37(51)43-23-27-9-7-8-10-28(27)24-44-38(52)46(26-36(50)42-32-17-21-34(22-18-32)48(55)56)40(45,30-13-5-2-6-14-30)39(43,44)29-11-3-1-4-12-29/h1-22H,23-26H2,(H,41,49)(H,42,50). The fourth-order valence-electron chi connectivity index (χ4n) is 8.21. The summed E-state index contributed by atoms with van der Waals surface area (Å²) in [7, 11) is 0. The minimum Gasteiger partial charge on any atom is -0.325 e. The molecule has 3 aliphatic rings. The van der Waals surface area contributed by atoms with Crippen LogP contribution in [0.1, 0.15) is 22.3 Å². The third-order valence-electron chi connectivity index (χ3n) is 10.4. The molecular formula is C40H32N8O8. The van der Waals surface area contributed by atoms with Gasteiger partial charge in [0.25, 0.3) is 11.4 Å². The molecule has 280 valence electrons. The van der Waals surface area contributed by atoms with Gasteiger partial charge in [0, 0.05) is 46.8 Å². The minimum absolute atomic E-state index is 0.0472. The smallest absolute Gasteiger partial charge is 0.325 e. The summed E-state index contributed by atoms with van der Waals surface area (Å²) in [4.78, 5) is 86.2. The van der Waals surface area contributed by atoms with Crippen LogP contribution in [0.25, 0.3) is 0 Å². The van der Waals surface area contributed by atoms with E-state index in [9.17, 15) is 29.8 Å². The van der Waals surface area contributed by atoms with Crippen LogP contribution in [-0.4, -0.2) is 66.4 Å². The number of nitro groups is 2. The van der Waals surface area contributed by atoms with Crippen molar-refractivity contribution in [3.63, 3.8) is 0 Å². The van der Waals surface area contributed by atoms with E-state index in [0.29, 0.717) is 11.1 Å². The van der Waals surface area contributed by atoms with Gasteiger partial charge in [-0.1, -0.05) is 84.9 Å². The highest BCUT2D eigenvalue weighted by Gasteiger charge is 2.80. The number of nitro benzene ring substituents is 2. The highest BCUT2D eigenvalue weighted by molar-refractivity contribution is 5.99. The predicted octanol–water partition coefficient (Wildman–Crippen LogP) is 5.98. The van der Waals surface area contributed by atoms with E-state index < -0.39 is 58.1 Å². The van der Waals surface area contributed by atoms with Crippen molar-refractivity contribution in [2.45, 2.75) is 24.4 Å². The number of hydrogen-bond acceptors (Lipinski definition) is 8. The summed E-state index contributed by atoms with van der Waals surface area (Å²) < 4.78 is 0. The molecule has 5 aromatic carbocycles. The molecule has 2 N–H and O–H groups in total. The molecule has 16 nitrogen and oxygen atoms in total. The average molecular weight is 753 g/mol. The van der Waals surface area contributed by atoms with Crippen molar-refractivity contribution < 1.29 is 29.0 Å². The van der Waals surface area contributed by atoms with Crippen LogP contribution in [0.2, 0.25) is 0 Å². The topological polar surface area (TPSA) is 192 Å². The summed E-state index contributed by atoms with van der Waals surface area (Å²) in [6, 6.07) is 34.6. The molecule has 2 fully saturated rings. The number of amides is 6. The van der Waals surface area contributed by atoms with Gasteiger partial charge in [-0.3, -0.25) is 49.4 Å². The maximum absolute atomic E-state index is 15.3. The fourth-order valence-corrected chi connectivity index (χ4v) is 8.21. The first-order chi connectivity index (χ1) is 27.0. The van der Waals surface area contributed by atoms with E-state index in [1.165, 1.54) is 58.3 Å². The van der Waals surface area contributed by atoms with Gasteiger partial charge < -0.3 is 10.6 Å². The second kappa shape index (κ2) is 13.7. The number of anilines is 2. The molecule has 8 rings (SSSR count). The number of hydrogen-bond donors (Lipinski definition) is 2. The number of benzene rings is 5. The average Bonchev–Trinajstić information content (AvgIpc) is 3.44. The van der Waals surface area contributed by atoms with E-state index in [4.69, 9.17) is 0 Å². The molecule has 0 unspecified atom stereocenters. The number of carbonyl (C=O) groups excluding carboxylic acids is 4. The number of carbonyl (C=O) groups is 4. The Kier molecular flexibility index (Phi) is 8.64. The molecule has 0 aliphatic carbocycles. The van der Waals surface area contributed by atoms with E-state index in [1.54, 1.807) is 52.3 Å². The van der Waals surface area contributed by atoms with Gasteiger partial charge in [-0.25, -0.2) is 9.59 Å². The first kappa shape index (κ1) is 35.4. The van der Waals surface area contributed by atoms with Crippen LogP contribution < -0.4 is 10.6 Å². The Morgan fingerprint density at radius 3 is 1.27 bits per heavy atom. The van der Waals surface area contributed by atoms with Crippen molar-refractivity contribution in [2.24, 2.45) is 0 Å². The van der Waals surface area contributed by atoms with Gasteiger partial charge in [-0.15, -0.1) is 0 Å². The van der Waals surface area contributed by atoms with Gasteiger partial charge in [0.1, 0.15) is 13.1 Å². The van der Waals surface area contributed by atoms with Crippen LogP contribution in [-0.2, 0) is 34.0 Å². The Balaban J connectivity index is 1.32. The maximum atomic E-state index is 15.3. The van der Waals surface area contributed by atoms with E-state index >= 15 is 9.59 Å². The molecule has 5 aromatic rings.